The second-order valence-electron chi connectivity index (χ2n) is 4.31. The number of thiazole rings is 1. The van der Waals surface area contributed by atoms with Gasteiger partial charge in [0.15, 0.2) is 5.13 Å². The lowest BCUT2D eigenvalue weighted by Crippen LogP contribution is -2.13. The second kappa shape index (κ2) is 5.44. The van der Waals surface area contributed by atoms with Crippen LogP contribution in [0.15, 0.2) is 23.6 Å². The summed E-state index contributed by atoms with van der Waals surface area (Å²) in [5, 5.41) is 4.73. The fraction of sp³-hybridized carbons (Fsp3) is 0.231. The zero-order valence-corrected chi connectivity index (χ0v) is 11.2. The number of aromatic nitrogens is 1. The van der Waals surface area contributed by atoms with Gasteiger partial charge in [-0.1, -0.05) is 13.8 Å². The molecule has 1 amide bonds. The van der Waals surface area contributed by atoms with Crippen LogP contribution in [0.2, 0.25) is 0 Å². The molecule has 3 nitrogen and oxygen atoms in total. The van der Waals surface area contributed by atoms with Crippen LogP contribution in [0.3, 0.4) is 0 Å². The van der Waals surface area contributed by atoms with Crippen molar-refractivity contribution >= 4 is 22.4 Å². The molecule has 19 heavy (non-hydrogen) atoms. The van der Waals surface area contributed by atoms with Crippen LogP contribution in [0, 0.1) is 11.6 Å². The molecule has 0 bridgehead atoms. The van der Waals surface area contributed by atoms with E-state index in [0.717, 1.165) is 17.8 Å². The van der Waals surface area contributed by atoms with Crippen molar-refractivity contribution < 1.29 is 13.6 Å². The average Bonchev–Trinajstić information content (AvgIpc) is 2.77. The lowest BCUT2D eigenvalue weighted by Gasteiger charge is -2.03. The maximum atomic E-state index is 13.4. The van der Waals surface area contributed by atoms with Gasteiger partial charge in [0.1, 0.15) is 11.6 Å². The summed E-state index contributed by atoms with van der Waals surface area (Å²) in [4.78, 5) is 16.0. The Morgan fingerprint density at radius 1 is 1.37 bits per heavy atom. The zero-order chi connectivity index (χ0) is 14.0. The predicted octanol–water partition coefficient (Wildman–Crippen LogP) is 3.80. The van der Waals surface area contributed by atoms with Crippen molar-refractivity contribution in [2.45, 2.75) is 19.8 Å². The molecule has 6 heteroatoms. The number of carbonyl (C=O) groups excluding carboxylic acids is 1. The standard InChI is InChI=1S/C13H12F2N2OS/c1-7(2)11-6-19-13(16-11)17-12(18)9-4-3-8(14)5-10(9)15/h3-7H,1-2H3,(H,16,17,18). The molecule has 0 aliphatic rings. The first-order valence-corrected chi connectivity index (χ1v) is 6.57. The maximum Gasteiger partial charge on any atom is 0.260 e. The number of carbonyl (C=O) groups is 1. The van der Waals surface area contributed by atoms with E-state index in [1.807, 2.05) is 19.2 Å². The van der Waals surface area contributed by atoms with E-state index in [1.54, 1.807) is 0 Å². The summed E-state index contributed by atoms with van der Waals surface area (Å²) in [6.45, 7) is 3.97. The second-order valence-corrected chi connectivity index (χ2v) is 5.17. The summed E-state index contributed by atoms with van der Waals surface area (Å²) >= 11 is 1.27. The molecule has 0 radical (unpaired) electrons. The van der Waals surface area contributed by atoms with Crippen molar-refractivity contribution in [1.29, 1.82) is 0 Å². The molecule has 2 aromatic rings. The van der Waals surface area contributed by atoms with Gasteiger partial charge in [-0.3, -0.25) is 10.1 Å². The Morgan fingerprint density at radius 2 is 2.11 bits per heavy atom. The Kier molecular flexibility index (Phi) is 3.90. The van der Waals surface area contributed by atoms with E-state index >= 15 is 0 Å². The summed E-state index contributed by atoms with van der Waals surface area (Å²) in [6.07, 6.45) is 0. The van der Waals surface area contributed by atoms with Crippen molar-refractivity contribution in [2.24, 2.45) is 0 Å². The number of halogens is 2. The molecule has 0 fully saturated rings. The molecule has 1 heterocycles. The molecule has 1 aromatic heterocycles. The molecule has 0 aliphatic heterocycles. The van der Waals surface area contributed by atoms with Gasteiger partial charge in [0, 0.05) is 11.4 Å². The Hall–Kier alpha value is -1.82. The van der Waals surface area contributed by atoms with Crippen LogP contribution in [0.1, 0.15) is 35.8 Å². The Balaban J connectivity index is 2.16. The minimum atomic E-state index is -0.891. The number of nitrogens with one attached hydrogen (secondary N) is 1. The Morgan fingerprint density at radius 3 is 2.68 bits per heavy atom. The summed E-state index contributed by atoms with van der Waals surface area (Å²) in [5.41, 5.74) is 0.655. The monoisotopic (exact) mass is 282 g/mol. The number of hydrogen-bond acceptors (Lipinski definition) is 3. The van der Waals surface area contributed by atoms with Crippen LogP contribution in [-0.2, 0) is 0 Å². The summed E-state index contributed by atoms with van der Waals surface area (Å²) in [7, 11) is 0. The average molecular weight is 282 g/mol. The summed E-state index contributed by atoms with van der Waals surface area (Å²) in [5.74, 6) is -1.99. The van der Waals surface area contributed by atoms with Gasteiger partial charge >= 0.3 is 0 Å². The lowest BCUT2D eigenvalue weighted by molar-refractivity contribution is 0.102. The molecule has 0 atom stereocenters. The quantitative estimate of drug-likeness (QED) is 0.930. The number of rotatable bonds is 3. The van der Waals surface area contributed by atoms with Crippen molar-refractivity contribution in [1.82, 2.24) is 4.98 Å². The van der Waals surface area contributed by atoms with Gasteiger partial charge < -0.3 is 0 Å². The van der Waals surface area contributed by atoms with Crippen molar-refractivity contribution in [3.8, 4) is 0 Å². The molecule has 0 unspecified atom stereocenters. The summed E-state index contributed by atoms with van der Waals surface area (Å²) in [6, 6.07) is 2.83. The highest BCUT2D eigenvalue weighted by molar-refractivity contribution is 7.14. The van der Waals surface area contributed by atoms with Gasteiger partial charge in [0.05, 0.1) is 11.3 Å². The third-order valence-electron chi connectivity index (χ3n) is 2.51. The molecule has 1 N–H and O–H groups in total. The van der Waals surface area contributed by atoms with E-state index in [-0.39, 0.29) is 11.5 Å². The highest BCUT2D eigenvalue weighted by atomic mass is 32.1. The first kappa shape index (κ1) is 13.6. The number of nitrogens with zero attached hydrogens (tertiary/aromatic N) is 1. The van der Waals surface area contributed by atoms with Crippen LogP contribution in [0.4, 0.5) is 13.9 Å². The molecule has 0 spiro atoms. The highest BCUT2D eigenvalue weighted by Crippen LogP contribution is 2.22. The van der Waals surface area contributed by atoms with Gasteiger partial charge in [-0.25, -0.2) is 13.8 Å². The Labute approximate surface area is 113 Å². The highest BCUT2D eigenvalue weighted by Gasteiger charge is 2.14. The first-order valence-electron chi connectivity index (χ1n) is 5.69. The van der Waals surface area contributed by atoms with Crippen LogP contribution in [-0.4, -0.2) is 10.9 Å². The third-order valence-corrected chi connectivity index (χ3v) is 3.29. The molecule has 0 aliphatic carbocycles. The molecular formula is C13H12F2N2OS. The number of hydrogen-bond donors (Lipinski definition) is 1. The molecule has 100 valence electrons. The van der Waals surface area contributed by atoms with E-state index < -0.39 is 17.5 Å². The van der Waals surface area contributed by atoms with Gasteiger partial charge in [-0.05, 0) is 18.1 Å². The van der Waals surface area contributed by atoms with Gasteiger partial charge in [0.2, 0.25) is 0 Å². The number of anilines is 1. The number of amides is 1. The van der Waals surface area contributed by atoms with Crippen LogP contribution < -0.4 is 5.32 Å². The van der Waals surface area contributed by atoms with Gasteiger partial charge in [0.25, 0.3) is 5.91 Å². The number of benzene rings is 1. The zero-order valence-electron chi connectivity index (χ0n) is 10.4. The molecule has 0 saturated carbocycles. The molecular weight excluding hydrogens is 270 g/mol. The maximum absolute atomic E-state index is 13.4. The van der Waals surface area contributed by atoms with E-state index in [4.69, 9.17) is 0 Å². The minimum absolute atomic E-state index is 0.206. The van der Waals surface area contributed by atoms with Crippen LogP contribution in [0.25, 0.3) is 0 Å². The van der Waals surface area contributed by atoms with E-state index in [1.165, 1.54) is 11.3 Å². The molecule has 2 rings (SSSR count). The fourth-order valence-electron chi connectivity index (χ4n) is 1.45. The molecule has 1 aromatic carbocycles. The van der Waals surface area contributed by atoms with Gasteiger partial charge in [-0.2, -0.15) is 0 Å². The Bertz CT molecular complexity index is 610. The summed E-state index contributed by atoms with van der Waals surface area (Å²) < 4.78 is 26.2. The fourth-order valence-corrected chi connectivity index (χ4v) is 2.31. The van der Waals surface area contributed by atoms with E-state index in [2.05, 4.69) is 10.3 Å². The predicted molar refractivity (Wildman–Crippen MR) is 70.5 cm³/mol. The first-order chi connectivity index (χ1) is 8.97. The third kappa shape index (κ3) is 3.14. The smallest absolute Gasteiger partial charge is 0.260 e. The van der Waals surface area contributed by atoms with Gasteiger partial charge in [-0.15, -0.1) is 11.3 Å². The molecule has 0 saturated heterocycles. The van der Waals surface area contributed by atoms with Crippen molar-refractivity contribution in [3.63, 3.8) is 0 Å². The van der Waals surface area contributed by atoms with Crippen LogP contribution >= 0.6 is 11.3 Å². The van der Waals surface area contributed by atoms with Crippen molar-refractivity contribution in [2.75, 3.05) is 5.32 Å². The largest absolute Gasteiger partial charge is 0.298 e. The van der Waals surface area contributed by atoms with Crippen LogP contribution in [0.5, 0.6) is 0 Å². The lowest BCUT2D eigenvalue weighted by atomic mass is 10.2. The SMILES string of the molecule is CC(C)c1csc(NC(=O)c2ccc(F)cc2F)n1. The van der Waals surface area contributed by atoms with E-state index in [0.29, 0.717) is 11.2 Å². The van der Waals surface area contributed by atoms with E-state index in [9.17, 15) is 13.6 Å². The minimum Gasteiger partial charge on any atom is -0.298 e. The normalized spacial score (nSPS) is 10.8. The van der Waals surface area contributed by atoms with Crippen molar-refractivity contribution in [3.05, 3.63) is 46.5 Å². The topological polar surface area (TPSA) is 42.0 Å².